The molecule has 6 heteroatoms. The second-order valence-corrected chi connectivity index (χ2v) is 7.15. The summed E-state index contributed by atoms with van der Waals surface area (Å²) in [6.07, 6.45) is 3.88. The highest BCUT2D eigenvalue weighted by Gasteiger charge is 2.26. The van der Waals surface area contributed by atoms with E-state index >= 15 is 0 Å². The van der Waals surface area contributed by atoms with Gasteiger partial charge < -0.3 is 18.8 Å². The quantitative estimate of drug-likeness (QED) is 0.693. The van der Waals surface area contributed by atoms with E-state index in [-0.39, 0.29) is 5.91 Å². The molecule has 3 aromatic rings. The summed E-state index contributed by atoms with van der Waals surface area (Å²) in [5, 5.41) is 0. The molecule has 1 aliphatic rings. The minimum absolute atomic E-state index is 0.148. The number of likely N-dealkylation sites (tertiary alicyclic amines) is 1. The van der Waals surface area contributed by atoms with Gasteiger partial charge in [-0.15, -0.1) is 0 Å². The zero-order valence-corrected chi connectivity index (χ0v) is 16.5. The van der Waals surface area contributed by atoms with Crippen LogP contribution in [0.2, 0.25) is 0 Å². The minimum Gasteiger partial charge on any atom is -0.497 e. The number of carbonyl (C=O) groups excluding carboxylic acids is 1. The number of rotatable bonds is 4. The Morgan fingerprint density at radius 3 is 2.32 bits per heavy atom. The molecule has 4 rings (SSSR count). The Morgan fingerprint density at radius 2 is 1.71 bits per heavy atom. The molecule has 0 spiro atoms. The standard InChI is InChI=1S/C22H25N3O3/c1-15(26)24-11-8-17(9-12-24)22-23-21(16-4-6-18(27-2)7-5-16)20-14-19(28-3)10-13-25(20)22/h4-7,10,13-14,17H,8-9,11-12H2,1-3H3. The number of pyridine rings is 1. The minimum atomic E-state index is 0.148. The number of ether oxygens (including phenoxy) is 2. The predicted molar refractivity (Wildman–Crippen MR) is 108 cm³/mol. The Hall–Kier alpha value is -3.02. The number of nitrogens with zero attached hydrogens (tertiary/aromatic N) is 3. The van der Waals surface area contributed by atoms with E-state index in [4.69, 9.17) is 14.5 Å². The normalized spacial score (nSPS) is 15.0. The molecule has 28 heavy (non-hydrogen) atoms. The van der Waals surface area contributed by atoms with E-state index in [1.807, 2.05) is 47.5 Å². The summed E-state index contributed by atoms with van der Waals surface area (Å²) in [5.74, 6) is 3.15. The topological polar surface area (TPSA) is 56.1 Å². The van der Waals surface area contributed by atoms with Crippen molar-refractivity contribution >= 4 is 11.4 Å². The zero-order valence-electron chi connectivity index (χ0n) is 16.5. The number of imidazole rings is 1. The van der Waals surface area contributed by atoms with E-state index < -0.39 is 0 Å². The lowest BCUT2D eigenvalue weighted by atomic mass is 9.96. The number of hydrogen-bond donors (Lipinski definition) is 0. The average Bonchev–Trinajstić information content (AvgIpc) is 3.12. The second kappa shape index (κ2) is 7.54. The molecule has 0 unspecified atom stereocenters. The number of piperidine rings is 1. The van der Waals surface area contributed by atoms with Crippen LogP contribution in [-0.2, 0) is 4.79 Å². The van der Waals surface area contributed by atoms with E-state index in [1.165, 1.54) is 0 Å². The molecule has 0 N–H and O–H groups in total. The van der Waals surface area contributed by atoms with Crippen LogP contribution >= 0.6 is 0 Å². The van der Waals surface area contributed by atoms with Gasteiger partial charge in [0, 0.05) is 43.8 Å². The molecule has 1 aromatic carbocycles. The summed E-state index contributed by atoms with van der Waals surface area (Å²) in [6, 6.07) is 11.9. The van der Waals surface area contributed by atoms with Gasteiger partial charge in [0.2, 0.25) is 5.91 Å². The summed E-state index contributed by atoms with van der Waals surface area (Å²) in [7, 11) is 3.34. The van der Waals surface area contributed by atoms with Crippen LogP contribution in [0.5, 0.6) is 11.5 Å². The van der Waals surface area contributed by atoms with Gasteiger partial charge in [0.1, 0.15) is 17.3 Å². The Balaban J connectivity index is 1.76. The summed E-state index contributed by atoms with van der Waals surface area (Å²) < 4.78 is 12.9. The molecule has 0 aliphatic carbocycles. The van der Waals surface area contributed by atoms with Gasteiger partial charge in [0.25, 0.3) is 0 Å². The maximum atomic E-state index is 11.6. The molecule has 146 valence electrons. The van der Waals surface area contributed by atoms with Gasteiger partial charge in [-0.3, -0.25) is 4.79 Å². The van der Waals surface area contributed by atoms with Gasteiger partial charge in [0.05, 0.1) is 25.4 Å². The first kappa shape index (κ1) is 18.3. The lowest BCUT2D eigenvalue weighted by Gasteiger charge is -2.30. The van der Waals surface area contributed by atoms with Crippen LogP contribution in [0, 0.1) is 0 Å². The van der Waals surface area contributed by atoms with Gasteiger partial charge in [-0.2, -0.15) is 0 Å². The van der Waals surface area contributed by atoms with Crippen molar-refractivity contribution in [2.75, 3.05) is 27.3 Å². The van der Waals surface area contributed by atoms with Crippen molar-refractivity contribution in [3.63, 3.8) is 0 Å². The van der Waals surface area contributed by atoms with Gasteiger partial charge in [0.15, 0.2) is 0 Å². The van der Waals surface area contributed by atoms with Gasteiger partial charge in [-0.1, -0.05) is 0 Å². The van der Waals surface area contributed by atoms with Crippen LogP contribution in [0.3, 0.4) is 0 Å². The maximum Gasteiger partial charge on any atom is 0.219 e. The third kappa shape index (κ3) is 3.30. The van der Waals surface area contributed by atoms with E-state index in [9.17, 15) is 4.79 Å². The molecule has 1 saturated heterocycles. The fraction of sp³-hybridized carbons (Fsp3) is 0.364. The van der Waals surface area contributed by atoms with Gasteiger partial charge in [-0.25, -0.2) is 4.98 Å². The first-order chi connectivity index (χ1) is 13.6. The second-order valence-electron chi connectivity index (χ2n) is 7.15. The van der Waals surface area contributed by atoms with E-state index in [0.29, 0.717) is 5.92 Å². The number of amides is 1. The zero-order chi connectivity index (χ0) is 19.7. The number of methoxy groups -OCH3 is 2. The molecule has 1 fully saturated rings. The highest BCUT2D eigenvalue weighted by Crippen LogP contribution is 2.34. The van der Waals surface area contributed by atoms with Crippen molar-refractivity contribution in [2.24, 2.45) is 0 Å². The number of carbonyl (C=O) groups is 1. The number of hydrogen-bond acceptors (Lipinski definition) is 4. The predicted octanol–water partition coefficient (Wildman–Crippen LogP) is 3.74. The van der Waals surface area contributed by atoms with Gasteiger partial charge in [-0.05, 0) is 43.2 Å². The van der Waals surface area contributed by atoms with E-state index in [2.05, 4.69) is 4.40 Å². The van der Waals surface area contributed by atoms with Crippen molar-refractivity contribution < 1.29 is 14.3 Å². The summed E-state index contributed by atoms with van der Waals surface area (Å²) in [6.45, 7) is 3.20. The van der Waals surface area contributed by atoms with Crippen LogP contribution < -0.4 is 9.47 Å². The Kier molecular flexibility index (Phi) is 4.94. The maximum absolute atomic E-state index is 11.6. The molecule has 0 bridgehead atoms. The van der Waals surface area contributed by atoms with Crippen molar-refractivity contribution in [3.8, 4) is 22.8 Å². The fourth-order valence-corrected chi connectivity index (χ4v) is 3.92. The average molecular weight is 379 g/mol. The highest BCUT2D eigenvalue weighted by atomic mass is 16.5. The highest BCUT2D eigenvalue weighted by molar-refractivity contribution is 5.79. The first-order valence-electron chi connectivity index (χ1n) is 9.56. The SMILES string of the molecule is COc1ccc(-c2nc(C3CCN(C(C)=O)CC3)n3ccc(OC)cc23)cc1. The molecule has 0 saturated carbocycles. The fourth-order valence-electron chi connectivity index (χ4n) is 3.92. The molecule has 0 atom stereocenters. The van der Waals surface area contributed by atoms with Crippen LogP contribution in [0.15, 0.2) is 42.6 Å². The smallest absolute Gasteiger partial charge is 0.219 e. The van der Waals surface area contributed by atoms with Crippen LogP contribution in [0.1, 0.15) is 31.5 Å². The molecule has 0 radical (unpaired) electrons. The van der Waals surface area contributed by atoms with Crippen molar-refractivity contribution in [3.05, 3.63) is 48.4 Å². The summed E-state index contributed by atoms with van der Waals surface area (Å²) in [4.78, 5) is 18.6. The van der Waals surface area contributed by atoms with E-state index in [0.717, 1.165) is 60.0 Å². The number of benzene rings is 1. The molecular weight excluding hydrogens is 354 g/mol. The summed E-state index contributed by atoms with van der Waals surface area (Å²) in [5.41, 5.74) is 3.00. The van der Waals surface area contributed by atoms with Crippen LogP contribution in [-0.4, -0.2) is 47.5 Å². The number of fused-ring (bicyclic) bond motifs is 1. The molecule has 1 amide bonds. The molecule has 2 aromatic heterocycles. The first-order valence-corrected chi connectivity index (χ1v) is 9.56. The number of aromatic nitrogens is 2. The molecule has 3 heterocycles. The summed E-state index contributed by atoms with van der Waals surface area (Å²) >= 11 is 0. The lowest BCUT2D eigenvalue weighted by Crippen LogP contribution is -2.36. The third-order valence-corrected chi connectivity index (χ3v) is 5.55. The van der Waals surface area contributed by atoms with Crippen LogP contribution in [0.4, 0.5) is 0 Å². The van der Waals surface area contributed by atoms with E-state index in [1.54, 1.807) is 21.1 Å². The molecule has 6 nitrogen and oxygen atoms in total. The molecule has 1 aliphatic heterocycles. The lowest BCUT2D eigenvalue weighted by molar-refractivity contribution is -0.129. The monoisotopic (exact) mass is 379 g/mol. The van der Waals surface area contributed by atoms with Crippen molar-refractivity contribution in [1.29, 1.82) is 0 Å². The Bertz CT molecular complexity index is 986. The Morgan fingerprint density at radius 1 is 1.04 bits per heavy atom. The van der Waals surface area contributed by atoms with Crippen LogP contribution in [0.25, 0.3) is 16.8 Å². The van der Waals surface area contributed by atoms with Crippen molar-refractivity contribution in [1.82, 2.24) is 14.3 Å². The molecular formula is C22H25N3O3. The Labute approximate surface area is 164 Å². The van der Waals surface area contributed by atoms with Gasteiger partial charge >= 0.3 is 0 Å². The van der Waals surface area contributed by atoms with Crippen molar-refractivity contribution in [2.45, 2.75) is 25.7 Å². The third-order valence-electron chi connectivity index (χ3n) is 5.55. The largest absolute Gasteiger partial charge is 0.497 e.